The minimum atomic E-state index is -1.44. The number of carbonyl (C=O) groups is 2. The minimum Gasteiger partial charge on any atom is -0.354 e. The molecule has 1 aliphatic rings. The summed E-state index contributed by atoms with van der Waals surface area (Å²) in [7, 11) is 0. The third-order valence-electron chi connectivity index (χ3n) is 6.80. The molecule has 1 saturated heterocycles. The van der Waals surface area contributed by atoms with Crippen LogP contribution in [0.25, 0.3) is 0 Å². The normalized spacial score (nSPS) is 15.4. The first kappa shape index (κ1) is 28.1. The molecule has 9 nitrogen and oxygen atoms in total. The van der Waals surface area contributed by atoms with Crippen molar-refractivity contribution in [3.63, 3.8) is 0 Å². The zero-order chi connectivity index (χ0) is 27.9. The van der Waals surface area contributed by atoms with Crippen molar-refractivity contribution in [1.29, 1.82) is 0 Å². The standard InChI is InChI=1S/C28H35F2N7O2/c1-18(2)22-10-11-23(33-27(22)30)26(20-8-5-4-6-9-20)34-28(39)19(3)14-21(29)15-31-25(38)17-37-32-16-24(35-37)36-12-7-13-36/h4-6,8-11,16,18-19,21,26H,7,12-15,17H2,1-3H3,(H,31,38)(H,34,39)/t19-,21+,26-/m0/s1. The van der Waals surface area contributed by atoms with E-state index in [-0.39, 0.29) is 25.4 Å². The molecule has 0 bridgehead atoms. The van der Waals surface area contributed by atoms with Crippen LogP contribution in [0.1, 0.15) is 62.4 Å². The molecule has 0 saturated carbocycles. The summed E-state index contributed by atoms with van der Waals surface area (Å²) in [5, 5.41) is 13.8. The van der Waals surface area contributed by atoms with E-state index in [2.05, 4.69) is 30.7 Å². The van der Waals surface area contributed by atoms with E-state index in [9.17, 15) is 18.4 Å². The maximum atomic E-state index is 14.7. The van der Waals surface area contributed by atoms with Crippen LogP contribution in [0.15, 0.2) is 48.7 Å². The van der Waals surface area contributed by atoms with Crippen LogP contribution in [0.2, 0.25) is 0 Å². The number of carbonyl (C=O) groups excluding carboxylic acids is 2. The highest BCUT2D eigenvalue weighted by molar-refractivity contribution is 5.79. The molecule has 1 fully saturated rings. The summed E-state index contributed by atoms with van der Waals surface area (Å²) in [6.07, 6.45) is 1.18. The molecule has 39 heavy (non-hydrogen) atoms. The van der Waals surface area contributed by atoms with Crippen molar-refractivity contribution < 1.29 is 18.4 Å². The molecule has 4 rings (SSSR count). The summed E-state index contributed by atoms with van der Waals surface area (Å²) in [6.45, 7) is 6.87. The third kappa shape index (κ3) is 7.36. The summed E-state index contributed by atoms with van der Waals surface area (Å²) < 4.78 is 29.4. The van der Waals surface area contributed by atoms with Gasteiger partial charge in [-0.1, -0.05) is 57.2 Å². The molecule has 208 valence electrons. The molecule has 3 heterocycles. The number of pyridine rings is 1. The lowest BCUT2D eigenvalue weighted by Crippen LogP contribution is -2.38. The number of alkyl halides is 1. The van der Waals surface area contributed by atoms with Gasteiger partial charge >= 0.3 is 0 Å². The van der Waals surface area contributed by atoms with Crippen molar-refractivity contribution in [2.45, 2.75) is 58.3 Å². The fourth-order valence-corrected chi connectivity index (χ4v) is 4.35. The Morgan fingerprint density at radius 1 is 1.08 bits per heavy atom. The Labute approximate surface area is 227 Å². The molecule has 1 aliphatic heterocycles. The van der Waals surface area contributed by atoms with E-state index in [1.807, 2.05) is 44.2 Å². The van der Waals surface area contributed by atoms with Gasteiger partial charge in [0.05, 0.1) is 17.9 Å². The summed E-state index contributed by atoms with van der Waals surface area (Å²) in [5.41, 5.74) is 1.58. The topological polar surface area (TPSA) is 105 Å². The number of nitrogens with zero attached hydrogens (tertiary/aromatic N) is 5. The lowest BCUT2D eigenvalue weighted by Gasteiger charge is -2.30. The number of nitrogens with one attached hydrogen (secondary N) is 2. The zero-order valence-corrected chi connectivity index (χ0v) is 22.5. The van der Waals surface area contributed by atoms with Crippen molar-refractivity contribution in [1.82, 2.24) is 30.6 Å². The lowest BCUT2D eigenvalue weighted by molar-refractivity contribution is -0.125. The second-order valence-electron chi connectivity index (χ2n) is 10.2. The first-order valence-corrected chi connectivity index (χ1v) is 13.3. The van der Waals surface area contributed by atoms with Crippen LogP contribution >= 0.6 is 0 Å². The van der Waals surface area contributed by atoms with Crippen molar-refractivity contribution >= 4 is 17.6 Å². The van der Waals surface area contributed by atoms with Crippen molar-refractivity contribution in [2.24, 2.45) is 5.92 Å². The Hall–Kier alpha value is -3.89. The number of halogens is 2. The maximum Gasteiger partial charge on any atom is 0.243 e. The second kappa shape index (κ2) is 12.8. The number of hydrogen-bond donors (Lipinski definition) is 2. The van der Waals surface area contributed by atoms with Crippen molar-refractivity contribution in [3.05, 3.63) is 71.4 Å². The Balaban J connectivity index is 1.31. The van der Waals surface area contributed by atoms with Crippen molar-refractivity contribution in [3.8, 4) is 0 Å². The molecule has 2 N–H and O–H groups in total. The molecule has 3 aromatic rings. The molecule has 0 radical (unpaired) electrons. The van der Waals surface area contributed by atoms with E-state index in [1.54, 1.807) is 25.3 Å². The summed E-state index contributed by atoms with van der Waals surface area (Å²) >= 11 is 0. The number of aromatic nitrogens is 4. The van der Waals surface area contributed by atoms with Crippen LogP contribution in [0.4, 0.5) is 14.6 Å². The summed E-state index contributed by atoms with van der Waals surface area (Å²) in [6, 6.07) is 11.8. The van der Waals surface area contributed by atoms with Crippen LogP contribution in [-0.2, 0) is 16.1 Å². The molecule has 0 spiro atoms. The van der Waals surface area contributed by atoms with E-state index in [0.717, 1.165) is 30.9 Å². The quantitative estimate of drug-likeness (QED) is 0.341. The zero-order valence-electron chi connectivity index (χ0n) is 22.5. The van der Waals surface area contributed by atoms with Crippen LogP contribution in [0, 0.1) is 11.9 Å². The van der Waals surface area contributed by atoms with Gasteiger partial charge in [0.15, 0.2) is 5.82 Å². The number of benzene rings is 1. The number of rotatable bonds is 12. The first-order chi connectivity index (χ1) is 18.7. The van der Waals surface area contributed by atoms with Gasteiger partial charge in [0.2, 0.25) is 17.8 Å². The third-order valence-corrected chi connectivity index (χ3v) is 6.80. The predicted molar refractivity (Wildman–Crippen MR) is 143 cm³/mol. The highest BCUT2D eigenvalue weighted by atomic mass is 19.1. The van der Waals surface area contributed by atoms with Gasteiger partial charge < -0.3 is 15.5 Å². The van der Waals surface area contributed by atoms with Gasteiger partial charge in [-0.25, -0.2) is 9.37 Å². The van der Waals surface area contributed by atoms with Gasteiger partial charge in [0.1, 0.15) is 12.7 Å². The fraction of sp³-hybridized carbons (Fsp3) is 0.464. The van der Waals surface area contributed by atoms with Gasteiger partial charge in [-0.3, -0.25) is 9.59 Å². The van der Waals surface area contributed by atoms with Gasteiger partial charge in [-0.15, -0.1) is 5.10 Å². The number of amides is 2. The molecule has 11 heteroatoms. The van der Waals surface area contributed by atoms with Gasteiger partial charge in [0.25, 0.3) is 0 Å². The molecular formula is C28H35F2N7O2. The SMILES string of the molecule is CC(C)c1ccc([C@@H](NC(=O)[C@@H](C)C[C@@H](F)CNC(=O)Cn2ncc(N3CCC3)n2)c2ccccc2)nc1F. The molecule has 3 atom stereocenters. The van der Waals surface area contributed by atoms with Crippen LogP contribution in [0.5, 0.6) is 0 Å². The van der Waals surface area contributed by atoms with E-state index in [1.165, 1.54) is 4.80 Å². The number of anilines is 1. The highest BCUT2D eigenvalue weighted by Crippen LogP contribution is 2.25. The molecule has 2 aromatic heterocycles. The van der Waals surface area contributed by atoms with Gasteiger partial charge in [-0.2, -0.15) is 14.3 Å². The summed E-state index contributed by atoms with van der Waals surface area (Å²) in [4.78, 5) is 32.8. The smallest absolute Gasteiger partial charge is 0.243 e. The molecule has 0 aliphatic carbocycles. The molecular weight excluding hydrogens is 504 g/mol. The van der Waals surface area contributed by atoms with Crippen molar-refractivity contribution in [2.75, 3.05) is 24.5 Å². The average Bonchev–Trinajstić information content (AvgIpc) is 3.32. The van der Waals surface area contributed by atoms with Crippen LogP contribution in [0.3, 0.4) is 0 Å². The second-order valence-corrected chi connectivity index (χ2v) is 10.2. The Morgan fingerprint density at radius 3 is 2.46 bits per heavy atom. The maximum absolute atomic E-state index is 14.7. The van der Waals surface area contributed by atoms with E-state index in [0.29, 0.717) is 11.3 Å². The van der Waals surface area contributed by atoms with E-state index in [4.69, 9.17) is 0 Å². The summed E-state index contributed by atoms with van der Waals surface area (Å²) in [5.74, 6) is -1.39. The van der Waals surface area contributed by atoms with E-state index < -0.39 is 35.9 Å². The Kier molecular flexibility index (Phi) is 9.21. The predicted octanol–water partition coefficient (Wildman–Crippen LogP) is 3.53. The number of hydrogen-bond acceptors (Lipinski definition) is 6. The molecule has 1 aromatic carbocycles. The monoisotopic (exact) mass is 539 g/mol. The minimum absolute atomic E-state index is 0.0306. The average molecular weight is 540 g/mol. The molecule has 0 unspecified atom stereocenters. The highest BCUT2D eigenvalue weighted by Gasteiger charge is 2.25. The first-order valence-electron chi connectivity index (χ1n) is 13.3. The Morgan fingerprint density at radius 2 is 1.82 bits per heavy atom. The Bertz CT molecular complexity index is 1260. The van der Waals surface area contributed by atoms with Gasteiger partial charge in [-0.05, 0) is 30.4 Å². The van der Waals surface area contributed by atoms with E-state index >= 15 is 0 Å². The van der Waals surface area contributed by atoms with Gasteiger partial charge in [0, 0.05) is 31.1 Å². The fourth-order valence-electron chi connectivity index (χ4n) is 4.35. The lowest BCUT2D eigenvalue weighted by atomic mass is 9.98. The van der Waals surface area contributed by atoms with Crippen LogP contribution < -0.4 is 15.5 Å². The molecule has 2 amide bonds. The van der Waals surface area contributed by atoms with Crippen LogP contribution in [-0.4, -0.2) is 57.6 Å². The largest absolute Gasteiger partial charge is 0.354 e.